The summed E-state index contributed by atoms with van der Waals surface area (Å²) in [7, 11) is 0. The van der Waals surface area contributed by atoms with Gasteiger partial charge in [0.1, 0.15) is 0 Å². The normalized spacial score (nSPS) is 41.2. The fraction of sp³-hybridized carbons (Fsp3) is 0.867. The van der Waals surface area contributed by atoms with Gasteiger partial charge in [0.15, 0.2) is 0 Å². The van der Waals surface area contributed by atoms with Crippen molar-refractivity contribution in [1.82, 2.24) is 0 Å². The first-order valence-corrected chi connectivity index (χ1v) is 6.90. The van der Waals surface area contributed by atoms with Gasteiger partial charge in [-0.05, 0) is 58.3 Å². The van der Waals surface area contributed by atoms with Crippen LogP contribution in [0.2, 0.25) is 0 Å². The summed E-state index contributed by atoms with van der Waals surface area (Å²) in [6.45, 7) is 8.55. The Kier molecular flexibility index (Phi) is 3.39. The Morgan fingerprint density at radius 2 is 2.06 bits per heavy atom. The highest BCUT2D eigenvalue weighted by Gasteiger charge is 2.47. The minimum Gasteiger partial charge on any atom is -0.386 e. The first-order valence-electron chi connectivity index (χ1n) is 6.90. The second-order valence-corrected chi connectivity index (χ2v) is 6.68. The summed E-state index contributed by atoms with van der Waals surface area (Å²) in [5.74, 6) is 1.33. The van der Waals surface area contributed by atoms with E-state index in [1.54, 1.807) is 0 Å². The van der Waals surface area contributed by atoms with Crippen LogP contribution in [0.1, 0.15) is 53.4 Å². The monoisotopic (exact) mass is 238 g/mol. The lowest BCUT2D eigenvalue weighted by Gasteiger charge is -2.30. The van der Waals surface area contributed by atoms with Crippen molar-refractivity contribution >= 4 is 0 Å². The third kappa shape index (κ3) is 3.32. The van der Waals surface area contributed by atoms with Crippen molar-refractivity contribution < 1.29 is 9.84 Å². The van der Waals surface area contributed by atoms with Crippen molar-refractivity contribution in [2.24, 2.45) is 11.8 Å². The fourth-order valence-corrected chi connectivity index (χ4v) is 2.81. The summed E-state index contributed by atoms with van der Waals surface area (Å²) in [5.41, 5.74) is -0.441. The van der Waals surface area contributed by atoms with E-state index in [1.165, 1.54) is 12.8 Å². The average Bonchev–Trinajstić information content (AvgIpc) is 2.83. The maximum absolute atomic E-state index is 9.86. The Bertz CT molecular complexity index is 304. The quantitative estimate of drug-likeness (QED) is 0.602. The highest BCUT2D eigenvalue weighted by atomic mass is 16.6. The van der Waals surface area contributed by atoms with E-state index in [1.807, 2.05) is 13.0 Å². The van der Waals surface area contributed by atoms with Crippen LogP contribution in [-0.4, -0.2) is 22.4 Å². The summed E-state index contributed by atoms with van der Waals surface area (Å²) in [6, 6.07) is 0. The lowest BCUT2D eigenvalue weighted by molar-refractivity contribution is 0.0830. The Balaban J connectivity index is 1.76. The van der Waals surface area contributed by atoms with Crippen molar-refractivity contribution in [3.05, 3.63) is 12.2 Å². The van der Waals surface area contributed by atoms with Gasteiger partial charge < -0.3 is 9.84 Å². The summed E-state index contributed by atoms with van der Waals surface area (Å²) in [4.78, 5) is 0. The lowest BCUT2D eigenvalue weighted by Crippen LogP contribution is -2.27. The van der Waals surface area contributed by atoms with E-state index >= 15 is 0 Å². The van der Waals surface area contributed by atoms with Gasteiger partial charge in [0.25, 0.3) is 0 Å². The predicted molar refractivity (Wildman–Crippen MR) is 69.8 cm³/mol. The molecule has 2 heteroatoms. The smallest absolute Gasteiger partial charge is 0.0892 e. The van der Waals surface area contributed by atoms with Crippen LogP contribution in [0, 0.1) is 11.8 Å². The van der Waals surface area contributed by atoms with Crippen LogP contribution >= 0.6 is 0 Å². The summed E-state index contributed by atoms with van der Waals surface area (Å²) in [5, 5.41) is 9.86. The van der Waals surface area contributed by atoms with Crippen LogP contribution in [0.15, 0.2) is 12.2 Å². The third-order valence-corrected chi connectivity index (χ3v) is 4.47. The number of epoxide rings is 1. The van der Waals surface area contributed by atoms with E-state index in [2.05, 4.69) is 26.8 Å². The van der Waals surface area contributed by atoms with Crippen LogP contribution in [-0.2, 0) is 4.74 Å². The van der Waals surface area contributed by atoms with E-state index in [0.29, 0.717) is 17.9 Å². The SMILES string of the molecule is C[C@H](CC[C@H]1OC1(C)C)[C@H]1C=C[C@](C)(O)CC1. The van der Waals surface area contributed by atoms with Gasteiger partial charge in [0.05, 0.1) is 17.3 Å². The zero-order valence-corrected chi connectivity index (χ0v) is 11.6. The Labute approximate surface area is 105 Å². The molecule has 1 aliphatic carbocycles. The molecule has 2 aliphatic rings. The number of hydrogen-bond donors (Lipinski definition) is 1. The molecule has 2 nitrogen and oxygen atoms in total. The molecule has 98 valence electrons. The summed E-state index contributed by atoms with van der Waals surface area (Å²) >= 11 is 0. The molecule has 0 spiro atoms. The molecular formula is C15H26O2. The number of aliphatic hydroxyl groups is 1. The molecule has 17 heavy (non-hydrogen) atoms. The topological polar surface area (TPSA) is 32.8 Å². The number of rotatable bonds is 4. The molecule has 1 heterocycles. The minimum absolute atomic E-state index is 0.131. The first kappa shape index (κ1) is 13.1. The van der Waals surface area contributed by atoms with Crippen molar-refractivity contribution in [1.29, 1.82) is 0 Å². The average molecular weight is 238 g/mol. The molecule has 1 aliphatic heterocycles. The summed E-state index contributed by atoms with van der Waals surface area (Å²) < 4.78 is 5.62. The van der Waals surface area contributed by atoms with Gasteiger partial charge in [-0.1, -0.05) is 19.1 Å². The molecule has 0 aromatic rings. The Hall–Kier alpha value is -0.340. The Morgan fingerprint density at radius 3 is 2.53 bits per heavy atom. The van der Waals surface area contributed by atoms with Crippen LogP contribution in [0.5, 0.6) is 0 Å². The van der Waals surface area contributed by atoms with Gasteiger partial charge in [-0.25, -0.2) is 0 Å². The largest absolute Gasteiger partial charge is 0.386 e. The molecule has 1 saturated heterocycles. The lowest BCUT2D eigenvalue weighted by atomic mass is 9.78. The number of allylic oxidation sites excluding steroid dienone is 1. The van der Waals surface area contributed by atoms with Crippen LogP contribution in [0.4, 0.5) is 0 Å². The van der Waals surface area contributed by atoms with Gasteiger partial charge in [-0.3, -0.25) is 0 Å². The molecular weight excluding hydrogens is 212 g/mol. The molecule has 0 bridgehead atoms. The maximum atomic E-state index is 9.86. The van der Waals surface area contributed by atoms with E-state index < -0.39 is 5.60 Å². The van der Waals surface area contributed by atoms with Crippen LogP contribution in [0.25, 0.3) is 0 Å². The first-order chi connectivity index (χ1) is 7.80. The zero-order valence-electron chi connectivity index (χ0n) is 11.6. The van der Waals surface area contributed by atoms with Gasteiger partial charge in [-0.15, -0.1) is 0 Å². The highest BCUT2D eigenvalue weighted by Crippen LogP contribution is 2.40. The third-order valence-electron chi connectivity index (χ3n) is 4.47. The molecule has 0 amide bonds. The molecule has 1 N–H and O–H groups in total. The molecule has 0 aromatic heterocycles. The molecule has 0 saturated carbocycles. The van der Waals surface area contributed by atoms with Crippen molar-refractivity contribution in [3.63, 3.8) is 0 Å². The van der Waals surface area contributed by atoms with E-state index in [0.717, 1.165) is 12.8 Å². The van der Waals surface area contributed by atoms with Crippen molar-refractivity contribution in [2.75, 3.05) is 0 Å². The fourth-order valence-electron chi connectivity index (χ4n) is 2.81. The molecule has 4 atom stereocenters. The van der Waals surface area contributed by atoms with Gasteiger partial charge in [0, 0.05) is 0 Å². The van der Waals surface area contributed by atoms with E-state index in [-0.39, 0.29) is 5.60 Å². The van der Waals surface area contributed by atoms with Gasteiger partial charge in [0.2, 0.25) is 0 Å². The molecule has 0 aromatic carbocycles. The number of ether oxygens (including phenoxy) is 1. The summed E-state index contributed by atoms with van der Waals surface area (Å²) in [6.07, 6.45) is 9.08. The second kappa shape index (κ2) is 4.40. The predicted octanol–water partition coefficient (Wildman–Crippen LogP) is 3.30. The second-order valence-electron chi connectivity index (χ2n) is 6.68. The molecule has 0 radical (unpaired) electrons. The van der Waals surface area contributed by atoms with Gasteiger partial charge in [-0.2, -0.15) is 0 Å². The molecule has 2 rings (SSSR count). The number of hydrogen-bond acceptors (Lipinski definition) is 2. The van der Waals surface area contributed by atoms with Crippen LogP contribution < -0.4 is 0 Å². The van der Waals surface area contributed by atoms with Crippen molar-refractivity contribution in [3.8, 4) is 0 Å². The van der Waals surface area contributed by atoms with Crippen molar-refractivity contribution in [2.45, 2.75) is 70.7 Å². The molecule has 0 unspecified atom stereocenters. The van der Waals surface area contributed by atoms with Gasteiger partial charge >= 0.3 is 0 Å². The zero-order chi connectivity index (χ0) is 12.7. The highest BCUT2D eigenvalue weighted by molar-refractivity contribution is 5.06. The van der Waals surface area contributed by atoms with Crippen LogP contribution in [0.3, 0.4) is 0 Å². The van der Waals surface area contributed by atoms with E-state index in [9.17, 15) is 5.11 Å². The standard InChI is InChI=1S/C15H26O2/c1-11(5-6-13-14(2,3)17-13)12-7-9-15(4,16)10-8-12/h7,9,11-13,16H,5-6,8,10H2,1-4H3/t11-,12+,13-,15+/m1/s1. The molecule has 1 fully saturated rings. The Morgan fingerprint density at radius 1 is 1.41 bits per heavy atom. The van der Waals surface area contributed by atoms with E-state index in [4.69, 9.17) is 4.74 Å². The minimum atomic E-state index is -0.572. The maximum Gasteiger partial charge on any atom is 0.0892 e.